The van der Waals surface area contributed by atoms with Gasteiger partial charge in [-0.1, -0.05) is 0 Å². The number of likely N-dealkylation sites (N-methyl/N-ethyl adjacent to an activating group) is 1. The highest BCUT2D eigenvalue weighted by Crippen LogP contribution is 2.22. The van der Waals surface area contributed by atoms with Crippen molar-refractivity contribution < 1.29 is 14.3 Å². The van der Waals surface area contributed by atoms with Gasteiger partial charge in [-0.25, -0.2) is 0 Å². The molecule has 126 valence electrons. The molecule has 0 N–H and O–H groups in total. The maximum absolute atomic E-state index is 12.0. The van der Waals surface area contributed by atoms with Crippen LogP contribution in [-0.2, 0) is 14.3 Å². The van der Waals surface area contributed by atoms with E-state index < -0.39 is 0 Å². The lowest BCUT2D eigenvalue weighted by Crippen LogP contribution is -2.52. The molecule has 23 heavy (non-hydrogen) atoms. The van der Waals surface area contributed by atoms with Gasteiger partial charge in [0.25, 0.3) is 0 Å². The van der Waals surface area contributed by atoms with E-state index in [2.05, 4.69) is 26.9 Å². The third-order valence-corrected chi connectivity index (χ3v) is 4.44. The number of esters is 1. The minimum absolute atomic E-state index is 0.0144. The van der Waals surface area contributed by atoms with Crippen molar-refractivity contribution in [2.24, 2.45) is 0 Å². The van der Waals surface area contributed by atoms with Crippen molar-refractivity contribution in [1.82, 2.24) is 15.1 Å². The minimum atomic E-state index is -0.122. The molecule has 7 heteroatoms. The van der Waals surface area contributed by atoms with Gasteiger partial charge in [-0.05, 0) is 26.0 Å². The first-order valence-electron chi connectivity index (χ1n) is 8.26. The van der Waals surface area contributed by atoms with Gasteiger partial charge in [0.2, 0.25) is 0 Å². The molecule has 0 amide bonds. The zero-order valence-electron chi connectivity index (χ0n) is 13.7. The summed E-state index contributed by atoms with van der Waals surface area (Å²) in [6.07, 6.45) is 2.51. The second kappa shape index (κ2) is 7.23. The van der Waals surface area contributed by atoms with Gasteiger partial charge in [-0.15, -0.1) is 5.10 Å². The second-order valence-corrected chi connectivity index (χ2v) is 6.11. The summed E-state index contributed by atoms with van der Waals surface area (Å²) in [5.74, 6) is 0.754. The number of ether oxygens (including phenoxy) is 2. The topological polar surface area (TPSA) is 67.8 Å². The molecular formula is C16H24N4O3. The number of carbonyl (C=O) groups excluding carboxylic acids is 1. The average Bonchev–Trinajstić information content (AvgIpc) is 2.92. The van der Waals surface area contributed by atoms with Crippen LogP contribution >= 0.6 is 0 Å². The Balaban J connectivity index is 1.61. The number of aromatic nitrogens is 2. The second-order valence-electron chi connectivity index (χ2n) is 6.11. The number of anilines is 1. The van der Waals surface area contributed by atoms with Crippen molar-refractivity contribution in [3.63, 3.8) is 0 Å². The fraction of sp³-hybridized carbons (Fsp3) is 0.688. The molecule has 1 aromatic rings. The van der Waals surface area contributed by atoms with Gasteiger partial charge < -0.3 is 14.4 Å². The van der Waals surface area contributed by atoms with E-state index in [1.54, 1.807) is 6.20 Å². The molecule has 7 nitrogen and oxygen atoms in total. The van der Waals surface area contributed by atoms with Crippen LogP contribution in [0.2, 0.25) is 0 Å². The largest absolute Gasteiger partial charge is 0.461 e. The van der Waals surface area contributed by atoms with Gasteiger partial charge in [0, 0.05) is 38.8 Å². The number of carbonyl (C=O) groups is 1. The van der Waals surface area contributed by atoms with Gasteiger partial charge >= 0.3 is 5.97 Å². The lowest BCUT2D eigenvalue weighted by atomic mass is 10.1. The summed E-state index contributed by atoms with van der Waals surface area (Å²) in [6.45, 7) is 7.77. The Kier molecular flexibility index (Phi) is 5.07. The first-order valence-corrected chi connectivity index (χ1v) is 8.26. The smallest absolute Gasteiger partial charge is 0.323 e. The Hall–Kier alpha value is -1.73. The SMILES string of the molecule is CCN(C[C@@H]1CN([C@H]2C[C@H](C)OC2=O)CCO1)c1cccnn1. The quantitative estimate of drug-likeness (QED) is 0.740. The number of rotatable bonds is 5. The normalized spacial score (nSPS) is 28.6. The molecule has 3 atom stereocenters. The van der Waals surface area contributed by atoms with Crippen molar-refractivity contribution in [3.8, 4) is 0 Å². The van der Waals surface area contributed by atoms with Crippen LogP contribution in [0.25, 0.3) is 0 Å². The van der Waals surface area contributed by atoms with Crippen molar-refractivity contribution in [2.45, 2.75) is 38.5 Å². The van der Waals surface area contributed by atoms with E-state index in [1.165, 1.54) is 0 Å². The predicted octanol–water partition coefficient (Wildman–Crippen LogP) is 0.708. The van der Waals surface area contributed by atoms with Crippen molar-refractivity contribution in [3.05, 3.63) is 18.3 Å². The van der Waals surface area contributed by atoms with E-state index in [0.29, 0.717) is 6.61 Å². The first kappa shape index (κ1) is 16.1. The van der Waals surface area contributed by atoms with Crippen LogP contribution in [-0.4, -0.2) is 72.1 Å². The molecule has 2 saturated heterocycles. The van der Waals surface area contributed by atoms with E-state index in [9.17, 15) is 4.79 Å². The third kappa shape index (κ3) is 3.79. The van der Waals surface area contributed by atoms with Crippen molar-refractivity contribution in [1.29, 1.82) is 0 Å². The van der Waals surface area contributed by atoms with Crippen LogP contribution < -0.4 is 4.90 Å². The molecule has 2 aliphatic rings. The molecule has 2 aliphatic heterocycles. The monoisotopic (exact) mass is 320 g/mol. The highest BCUT2D eigenvalue weighted by molar-refractivity contribution is 5.78. The number of morpholine rings is 1. The fourth-order valence-electron chi connectivity index (χ4n) is 3.26. The van der Waals surface area contributed by atoms with Gasteiger partial charge in [-0.2, -0.15) is 5.10 Å². The van der Waals surface area contributed by atoms with Gasteiger partial charge in [-0.3, -0.25) is 9.69 Å². The van der Waals surface area contributed by atoms with Crippen LogP contribution in [0, 0.1) is 0 Å². The molecular weight excluding hydrogens is 296 g/mol. The molecule has 1 aromatic heterocycles. The molecule has 0 radical (unpaired) electrons. The van der Waals surface area contributed by atoms with Crippen LogP contribution in [0.15, 0.2) is 18.3 Å². The standard InChI is InChI=1S/C16H24N4O3/c1-3-19(15-5-4-6-17-18-15)10-13-11-20(7-8-22-13)14-9-12(2)23-16(14)21/h4-6,12-14H,3,7-11H2,1-2H3/t12-,13+,14-/m0/s1. The van der Waals surface area contributed by atoms with Gasteiger partial charge in [0.05, 0.1) is 12.7 Å². The summed E-state index contributed by atoms with van der Waals surface area (Å²) in [5.41, 5.74) is 0. The summed E-state index contributed by atoms with van der Waals surface area (Å²) in [6, 6.07) is 3.71. The van der Waals surface area contributed by atoms with Crippen molar-refractivity contribution >= 4 is 11.8 Å². The van der Waals surface area contributed by atoms with Crippen LogP contribution in [0.3, 0.4) is 0 Å². The maximum atomic E-state index is 12.0. The van der Waals surface area contributed by atoms with Crippen LogP contribution in [0.1, 0.15) is 20.3 Å². The van der Waals surface area contributed by atoms with Crippen LogP contribution in [0.5, 0.6) is 0 Å². The lowest BCUT2D eigenvalue weighted by Gasteiger charge is -2.37. The summed E-state index contributed by atoms with van der Waals surface area (Å²) in [5, 5.41) is 8.11. The third-order valence-electron chi connectivity index (χ3n) is 4.44. The predicted molar refractivity (Wildman–Crippen MR) is 85.2 cm³/mol. The Labute approximate surface area is 136 Å². The lowest BCUT2D eigenvalue weighted by molar-refractivity contribution is -0.146. The maximum Gasteiger partial charge on any atom is 0.323 e. The van der Waals surface area contributed by atoms with E-state index >= 15 is 0 Å². The highest BCUT2D eigenvalue weighted by atomic mass is 16.6. The first-order chi connectivity index (χ1) is 11.2. The zero-order valence-corrected chi connectivity index (χ0v) is 13.7. The molecule has 0 aromatic carbocycles. The Morgan fingerprint density at radius 3 is 3.00 bits per heavy atom. The Morgan fingerprint density at radius 1 is 1.48 bits per heavy atom. The molecule has 0 spiro atoms. The Bertz CT molecular complexity index is 527. The Morgan fingerprint density at radius 2 is 2.35 bits per heavy atom. The van der Waals surface area contributed by atoms with E-state index in [-0.39, 0.29) is 24.2 Å². The summed E-state index contributed by atoms with van der Waals surface area (Å²) in [4.78, 5) is 16.3. The molecule has 0 saturated carbocycles. The van der Waals surface area contributed by atoms with Gasteiger partial charge in [0.15, 0.2) is 5.82 Å². The molecule has 3 rings (SSSR count). The number of nitrogens with zero attached hydrogens (tertiary/aromatic N) is 4. The van der Waals surface area contributed by atoms with E-state index in [1.807, 2.05) is 19.1 Å². The molecule has 3 heterocycles. The number of cyclic esters (lactones) is 1. The average molecular weight is 320 g/mol. The summed E-state index contributed by atoms with van der Waals surface area (Å²) < 4.78 is 11.2. The summed E-state index contributed by atoms with van der Waals surface area (Å²) in [7, 11) is 0. The molecule has 0 unspecified atom stereocenters. The molecule has 0 bridgehead atoms. The zero-order chi connectivity index (χ0) is 16.2. The number of hydrogen-bond donors (Lipinski definition) is 0. The van der Waals surface area contributed by atoms with Crippen LogP contribution in [0.4, 0.5) is 5.82 Å². The van der Waals surface area contributed by atoms with E-state index in [0.717, 1.165) is 38.4 Å². The summed E-state index contributed by atoms with van der Waals surface area (Å²) >= 11 is 0. The van der Waals surface area contributed by atoms with Crippen molar-refractivity contribution in [2.75, 3.05) is 37.7 Å². The number of hydrogen-bond acceptors (Lipinski definition) is 7. The minimum Gasteiger partial charge on any atom is -0.461 e. The molecule has 2 fully saturated rings. The van der Waals surface area contributed by atoms with Gasteiger partial charge in [0.1, 0.15) is 12.1 Å². The highest BCUT2D eigenvalue weighted by Gasteiger charge is 2.38. The van der Waals surface area contributed by atoms with E-state index in [4.69, 9.17) is 9.47 Å². The fourth-order valence-corrected chi connectivity index (χ4v) is 3.26. The molecule has 0 aliphatic carbocycles.